The molecule has 0 aliphatic heterocycles. The zero-order valence-corrected chi connectivity index (χ0v) is 12.6. The van der Waals surface area contributed by atoms with E-state index in [4.69, 9.17) is 4.74 Å². The summed E-state index contributed by atoms with van der Waals surface area (Å²) in [4.78, 5) is 4.17. The van der Waals surface area contributed by atoms with E-state index >= 15 is 0 Å². The molecule has 1 N–H and O–H groups in total. The SMILES string of the molecule is COc1ccc(C)cc1C(C)NC(C)c1cccnc1. The summed E-state index contributed by atoms with van der Waals surface area (Å²) >= 11 is 0. The van der Waals surface area contributed by atoms with E-state index in [-0.39, 0.29) is 12.1 Å². The number of methoxy groups -OCH3 is 1. The van der Waals surface area contributed by atoms with E-state index < -0.39 is 0 Å². The van der Waals surface area contributed by atoms with Crippen LogP contribution in [0.15, 0.2) is 42.7 Å². The fraction of sp³-hybridized carbons (Fsp3) is 0.353. The van der Waals surface area contributed by atoms with Crippen molar-refractivity contribution in [2.75, 3.05) is 7.11 Å². The molecule has 3 heteroatoms. The molecular weight excluding hydrogens is 248 g/mol. The van der Waals surface area contributed by atoms with Crippen LogP contribution in [0.1, 0.15) is 42.6 Å². The maximum atomic E-state index is 5.46. The Labute approximate surface area is 121 Å². The van der Waals surface area contributed by atoms with Crippen LogP contribution in [0.3, 0.4) is 0 Å². The fourth-order valence-electron chi connectivity index (χ4n) is 2.39. The van der Waals surface area contributed by atoms with Crippen molar-refractivity contribution < 1.29 is 4.74 Å². The van der Waals surface area contributed by atoms with Crippen LogP contribution in [0.5, 0.6) is 5.75 Å². The van der Waals surface area contributed by atoms with Gasteiger partial charge in [0, 0.05) is 30.0 Å². The second kappa shape index (κ2) is 6.53. The molecular formula is C17H22N2O. The third-order valence-electron chi connectivity index (χ3n) is 3.54. The topological polar surface area (TPSA) is 34.1 Å². The third-order valence-corrected chi connectivity index (χ3v) is 3.54. The van der Waals surface area contributed by atoms with Crippen molar-refractivity contribution in [2.45, 2.75) is 32.9 Å². The lowest BCUT2D eigenvalue weighted by Crippen LogP contribution is -2.23. The molecule has 0 aliphatic rings. The predicted octanol–water partition coefficient (Wildman–Crippen LogP) is 3.81. The summed E-state index contributed by atoms with van der Waals surface area (Å²) < 4.78 is 5.46. The van der Waals surface area contributed by atoms with E-state index in [1.165, 1.54) is 16.7 Å². The minimum atomic E-state index is 0.208. The summed E-state index contributed by atoms with van der Waals surface area (Å²) in [7, 11) is 1.71. The molecule has 1 aromatic carbocycles. The second-order valence-electron chi connectivity index (χ2n) is 5.14. The van der Waals surface area contributed by atoms with Crippen molar-refractivity contribution in [3.05, 3.63) is 59.4 Å². The third kappa shape index (κ3) is 3.36. The number of ether oxygens (including phenoxy) is 1. The molecule has 0 radical (unpaired) electrons. The molecule has 2 atom stereocenters. The number of hydrogen-bond donors (Lipinski definition) is 1. The van der Waals surface area contributed by atoms with Gasteiger partial charge < -0.3 is 10.1 Å². The Bertz CT molecular complexity index is 554. The van der Waals surface area contributed by atoms with E-state index in [0.717, 1.165) is 5.75 Å². The number of nitrogens with zero attached hydrogens (tertiary/aromatic N) is 1. The van der Waals surface area contributed by atoms with Crippen LogP contribution < -0.4 is 10.1 Å². The number of aryl methyl sites for hydroxylation is 1. The summed E-state index contributed by atoms with van der Waals surface area (Å²) in [5.41, 5.74) is 3.61. The molecule has 0 fully saturated rings. The predicted molar refractivity (Wildman–Crippen MR) is 81.9 cm³/mol. The van der Waals surface area contributed by atoms with Crippen LogP contribution in [0.25, 0.3) is 0 Å². The van der Waals surface area contributed by atoms with Gasteiger partial charge in [-0.3, -0.25) is 4.98 Å². The Balaban J connectivity index is 2.16. The normalized spacial score (nSPS) is 13.8. The zero-order valence-electron chi connectivity index (χ0n) is 12.6. The van der Waals surface area contributed by atoms with E-state index in [2.05, 4.69) is 49.3 Å². The molecule has 0 spiro atoms. The van der Waals surface area contributed by atoms with Gasteiger partial charge in [0.25, 0.3) is 0 Å². The lowest BCUT2D eigenvalue weighted by atomic mass is 10.0. The van der Waals surface area contributed by atoms with E-state index in [9.17, 15) is 0 Å². The monoisotopic (exact) mass is 270 g/mol. The lowest BCUT2D eigenvalue weighted by Gasteiger charge is -2.22. The maximum Gasteiger partial charge on any atom is 0.123 e. The van der Waals surface area contributed by atoms with Crippen LogP contribution in [0.4, 0.5) is 0 Å². The highest BCUT2D eigenvalue weighted by molar-refractivity contribution is 5.39. The Kier molecular flexibility index (Phi) is 4.74. The molecule has 0 aliphatic carbocycles. The summed E-state index contributed by atoms with van der Waals surface area (Å²) in [6.07, 6.45) is 3.70. The van der Waals surface area contributed by atoms with Crippen LogP contribution >= 0.6 is 0 Å². The standard InChI is InChI=1S/C17H22N2O/c1-12-7-8-17(20-4)16(10-12)14(3)19-13(2)15-6-5-9-18-11-15/h5-11,13-14,19H,1-4H3. The summed E-state index contributed by atoms with van der Waals surface area (Å²) in [5, 5.41) is 3.59. The Morgan fingerprint density at radius 3 is 2.60 bits per heavy atom. The number of pyridine rings is 1. The molecule has 0 bridgehead atoms. The van der Waals surface area contributed by atoms with E-state index in [1.807, 2.05) is 18.3 Å². The number of hydrogen-bond acceptors (Lipinski definition) is 3. The Hall–Kier alpha value is -1.87. The highest BCUT2D eigenvalue weighted by Crippen LogP contribution is 2.28. The van der Waals surface area contributed by atoms with Gasteiger partial charge in [0.2, 0.25) is 0 Å². The van der Waals surface area contributed by atoms with Crippen LogP contribution in [0.2, 0.25) is 0 Å². The molecule has 2 rings (SSSR count). The molecule has 0 amide bonds. The Morgan fingerprint density at radius 1 is 1.15 bits per heavy atom. The van der Waals surface area contributed by atoms with E-state index in [0.29, 0.717) is 0 Å². The van der Waals surface area contributed by atoms with Gasteiger partial charge >= 0.3 is 0 Å². The molecule has 2 unspecified atom stereocenters. The van der Waals surface area contributed by atoms with Gasteiger partial charge in [-0.25, -0.2) is 0 Å². The number of benzene rings is 1. The van der Waals surface area contributed by atoms with Gasteiger partial charge in [0.1, 0.15) is 5.75 Å². The Morgan fingerprint density at radius 2 is 1.95 bits per heavy atom. The summed E-state index contributed by atoms with van der Waals surface area (Å²) in [6, 6.07) is 10.8. The highest BCUT2D eigenvalue weighted by Gasteiger charge is 2.15. The molecule has 106 valence electrons. The van der Waals surface area contributed by atoms with Crippen LogP contribution in [-0.4, -0.2) is 12.1 Å². The van der Waals surface area contributed by atoms with Crippen LogP contribution in [0, 0.1) is 6.92 Å². The molecule has 20 heavy (non-hydrogen) atoms. The first kappa shape index (κ1) is 14.5. The molecule has 0 saturated heterocycles. The first-order chi connectivity index (χ1) is 9.61. The van der Waals surface area contributed by atoms with Gasteiger partial charge in [0.15, 0.2) is 0 Å². The van der Waals surface area contributed by atoms with E-state index in [1.54, 1.807) is 13.3 Å². The van der Waals surface area contributed by atoms with Crippen molar-refractivity contribution in [2.24, 2.45) is 0 Å². The zero-order chi connectivity index (χ0) is 14.5. The molecule has 3 nitrogen and oxygen atoms in total. The molecule has 1 aromatic heterocycles. The largest absolute Gasteiger partial charge is 0.496 e. The van der Waals surface area contributed by atoms with Crippen molar-refractivity contribution >= 4 is 0 Å². The lowest BCUT2D eigenvalue weighted by molar-refractivity contribution is 0.396. The second-order valence-corrected chi connectivity index (χ2v) is 5.14. The smallest absolute Gasteiger partial charge is 0.123 e. The first-order valence-electron chi connectivity index (χ1n) is 6.92. The highest BCUT2D eigenvalue weighted by atomic mass is 16.5. The molecule has 0 saturated carbocycles. The summed E-state index contributed by atoms with van der Waals surface area (Å²) in [5.74, 6) is 0.925. The fourth-order valence-corrected chi connectivity index (χ4v) is 2.39. The van der Waals surface area contributed by atoms with Gasteiger partial charge in [-0.2, -0.15) is 0 Å². The van der Waals surface area contributed by atoms with Gasteiger partial charge in [-0.15, -0.1) is 0 Å². The van der Waals surface area contributed by atoms with Gasteiger partial charge in [-0.05, 0) is 38.5 Å². The quantitative estimate of drug-likeness (QED) is 0.897. The summed E-state index contributed by atoms with van der Waals surface area (Å²) in [6.45, 7) is 6.40. The van der Waals surface area contributed by atoms with Gasteiger partial charge in [-0.1, -0.05) is 23.8 Å². The number of aromatic nitrogens is 1. The van der Waals surface area contributed by atoms with Gasteiger partial charge in [0.05, 0.1) is 7.11 Å². The van der Waals surface area contributed by atoms with Crippen molar-refractivity contribution in [3.63, 3.8) is 0 Å². The number of rotatable bonds is 5. The van der Waals surface area contributed by atoms with Crippen molar-refractivity contribution in [3.8, 4) is 5.75 Å². The minimum absolute atomic E-state index is 0.208. The average molecular weight is 270 g/mol. The van der Waals surface area contributed by atoms with Crippen molar-refractivity contribution in [1.82, 2.24) is 10.3 Å². The molecule has 1 heterocycles. The van der Waals surface area contributed by atoms with Crippen LogP contribution in [-0.2, 0) is 0 Å². The first-order valence-corrected chi connectivity index (χ1v) is 6.92. The number of nitrogens with one attached hydrogen (secondary N) is 1. The van der Waals surface area contributed by atoms with Crippen molar-refractivity contribution in [1.29, 1.82) is 0 Å². The maximum absolute atomic E-state index is 5.46. The minimum Gasteiger partial charge on any atom is -0.496 e. The average Bonchev–Trinajstić information content (AvgIpc) is 2.48. The molecule has 2 aromatic rings.